The van der Waals surface area contributed by atoms with Crippen molar-refractivity contribution < 1.29 is 18.7 Å². The topological polar surface area (TPSA) is 98.6 Å². The fourth-order valence-corrected chi connectivity index (χ4v) is 2.64. The first-order valence-corrected chi connectivity index (χ1v) is 7.89. The van der Waals surface area contributed by atoms with Crippen molar-refractivity contribution in [3.05, 3.63) is 46.1 Å². The Morgan fingerprint density at radius 2 is 1.92 bits per heavy atom. The van der Waals surface area contributed by atoms with Gasteiger partial charge in [0, 0.05) is 33.0 Å². The number of fused-ring (bicyclic) bond motifs is 1. The van der Waals surface area contributed by atoms with E-state index in [1.807, 2.05) is 0 Å². The van der Waals surface area contributed by atoms with Gasteiger partial charge in [-0.1, -0.05) is 0 Å². The van der Waals surface area contributed by atoms with E-state index in [0.29, 0.717) is 24.7 Å². The average Bonchev–Trinajstić information content (AvgIpc) is 3.08. The number of carbonyl (C=O) groups excluding carboxylic acids is 1. The van der Waals surface area contributed by atoms with E-state index in [1.54, 1.807) is 17.0 Å². The summed E-state index contributed by atoms with van der Waals surface area (Å²) in [5, 5.41) is 10.3. The van der Waals surface area contributed by atoms with Crippen LogP contribution < -0.4 is 15.8 Å². The summed E-state index contributed by atoms with van der Waals surface area (Å²) in [4.78, 5) is 26.5. The molecule has 1 aliphatic rings. The highest BCUT2D eigenvalue weighted by Crippen LogP contribution is 2.26. The molecule has 0 spiro atoms. The molecule has 0 fully saturated rings. The normalized spacial score (nSPS) is 13.2. The van der Waals surface area contributed by atoms with E-state index in [0.717, 1.165) is 0 Å². The minimum Gasteiger partial charge on any atom is -0.354 e. The predicted octanol–water partition coefficient (Wildman–Crippen LogP) is 0.278. The van der Waals surface area contributed by atoms with Crippen LogP contribution in [0.15, 0.2) is 29.1 Å². The van der Waals surface area contributed by atoms with Gasteiger partial charge in [0.15, 0.2) is 6.29 Å². The number of nitrogens with one attached hydrogen (secondary N) is 1. The molecular weight excluding hydrogens is 345 g/mol. The van der Waals surface area contributed by atoms with Gasteiger partial charge in [-0.3, -0.25) is 14.2 Å². The number of hydrogen-bond acceptors (Lipinski definition) is 7. The molecule has 1 N–H and O–H groups in total. The number of carbonyl (C=O) groups is 1. The molecule has 0 bridgehead atoms. The van der Waals surface area contributed by atoms with Gasteiger partial charge in [0.1, 0.15) is 5.82 Å². The van der Waals surface area contributed by atoms with E-state index in [9.17, 15) is 14.0 Å². The van der Waals surface area contributed by atoms with Crippen molar-refractivity contribution in [3.8, 4) is 0 Å². The lowest BCUT2D eigenvalue weighted by Gasteiger charge is -2.16. The minimum atomic E-state index is -0.655. The van der Waals surface area contributed by atoms with E-state index in [1.165, 1.54) is 30.9 Å². The summed E-state index contributed by atoms with van der Waals surface area (Å²) in [7, 11) is 2.88. The standard InChI is InChI=1S/C16H18FN5O4/c1-25-12(26-2)9-18-14(23)13-15(24)22-8-7-21(16(22)20-19-13)11-5-3-10(17)4-6-11/h3-6,12H,7-9H2,1-2H3,(H,18,23). The highest BCUT2D eigenvalue weighted by atomic mass is 19.1. The zero-order valence-corrected chi connectivity index (χ0v) is 14.3. The zero-order chi connectivity index (χ0) is 18.7. The van der Waals surface area contributed by atoms with Crippen LogP contribution in [-0.2, 0) is 16.0 Å². The number of anilines is 2. The summed E-state index contributed by atoms with van der Waals surface area (Å²) in [5.41, 5.74) is -0.157. The van der Waals surface area contributed by atoms with E-state index in [2.05, 4.69) is 15.5 Å². The maximum Gasteiger partial charge on any atom is 0.286 e. The molecule has 1 amide bonds. The summed E-state index contributed by atoms with van der Waals surface area (Å²) in [6.07, 6.45) is -0.627. The van der Waals surface area contributed by atoms with E-state index < -0.39 is 17.8 Å². The highest BCUT2D eigenvalue weighted by Gasteiger charge is 2.27. The summed E-state index contributed by atoms with van der Waals surface area (Å²) in [5.74, 6) is -0.698. The van der Waals surface area contributed by atoms with Gasteiger partial charge >= 0.3 is 0 Å². The quantitative estimate of drug-likeness (QED) is 0.736. The predicted molar refractivity (Wildman–Crippen MR) is 89.8 cm³/mol. The molecule has 2 aromatic rings. The summed E-state index contributed by atoms with van der Waals surface area (Å²) in [6, 6.07) is 5.83. The first-order chi connectivity index (χ1) is 12.5. The molecule has 10 heteroatoms. The molecule has 3 rings (SSSR count). The van der Waals surface area contributed by atoms with Crippen molar-refractivity contribution >= 4 is 17.5 Å². The first kappa shape index (κ1) is 18.0. The lowest BCUT2D eigenvalue weighted by Crippen LogP contribution is -2.39. The SMILES string of the molecule is COC(CNC(=O)c1nnc2n(c1=O)CCN2c1ccc(F)cc1)OC. The first-order valence-electron chi connectivity index (χ1n) is 7.89. The fraction of sp³-hybridized carbons (Fsp3) is 0.375. The van der Waals surface area contributed by atoms with Crippen LogP contribution in [0.5, 0.6) is 0 Å². The number of nitrogens with zero attached hydrogens (tertiary/aromatic N) is 4. The third kappa shape index (κ3) is 3.41. The molecule has 0 saturated heterocycles. The second-order valence-electron chi connectivity index (χ2n) is 5.54. The van der Waals surface area contributed by atoms with Crippen molar-refractivity contribution in [1.82, 2.24) is 20.1 Å². The third-order valence-electron chi connectivity index (χ3n) is 4.03. The van der Waals surface area contributed by atoms with Crippen molar-refractivity contribution in [2.45, 2.75) is 12.8 Å². The third-order valence-corrected chi connectivity index (χ3v) is 4.03. The Kier molecular flexibility index (Phi) is 5.24. The largest absolute Gasteiger partial charge is 0.354 e. The van der Waals surface area contributed by atoms with E-state index >= 15 is 0 Å². The maximum absolute atomic E-state index is 13.1. The molecule has 1 aromatic carbocycles. The number of hydrogen-bond donors (Lipinski definition) is 1. The number of ether oxygens (including phenoxy) is 2. The lowest BCUT2D eigenvalue weighted by molar-refractivity contribution is -0.0974. The molecule has 2 heterocycles. The van der Waals surface area contributed by atoms with Crippen molar-refractivity contribution in [2.75, 3.05) is 32.2 Å². The molecule has 0 radical (unpaired) electrons. The number of rotatable bonds is 6. The molecule has 9 nitrogen and oxygen atoms in total. The number of benzene rings is 1. The minimum absolute atomic E-state index is 0.0659. The molecule has 0 atom stereocenters. The molecule has 138 valence electrons. The number of aromatic nitrogens is 3. The Bertz CT molecular complexity index is 851. The molecular formula is C16H18FN5O4. The van der Waals surface area contributed by atoms with E-state index in [4.69, 9.17) is 9.47 Å². The van der Waals surface area contributed by atoms with Crippen molar-refractivity contribution in [3.63, 3.8) is 0 Å². The van der Waals surface area contributed by atoms with Gasteiger partial charge in [-0.15, -0.1) is 10.2 Å². The van der Waals surface area contributed by atoms with Gasteiger partial charge in [0.25, 0.3) is 11.5 Å². The van der Waals surface area contributed by atoms with Gasteiger partial charge in [0.05, 0.1) is 6.54 Å². The Morgan fingerprint density at radius 1 is 1.23 bits per heavy atom. The fourth-order valence-electron chi connectivity index (χ4n) is 2.64. The van der Waals surface area contributed by atoms with Crippen LogP contribution in [0.25, 0.3) is 0 Å². The molecule has 1 aromatic heterocycles. The number of amides is 1. The Balaban J connectivity index is 1.82. The Labute approximate surface area is 148 Å². The second kappa shape index (κ2) is 7.58. The van der Waals surface area contributed by atoms with Crippen LogP contribution in [0.4, 0.5) is 16.0 Å². The highest BCUT2D eigenvalue weighted by molar-refractivity contribution is 5.91. The molecule has 0 aliphatic carbocycles. The number of halogens is 1. The lowest BCUT2D eigenvalue weighted by atomic mass is 10.3. The molecule has 0 saturated carbocycles. The monoisotopic (exact) mass is 363 g/mol. The Morgan fingerprint density at radius 3 is 2.58 bits per heavy atom. The zero-order valence-electron chi connectivity index (χ0n) is 14.3. The van der Waals surface area contributed by atoms with Crippen LogP contribution in [0, 0.1) is 5.82 Å². The smallest absolute Gasteiger partial charge is 0.286 e. The average molecular weight is 363 g/mol. The molecule has 0 unspecified atom stereocenters. The number of methoxy groups -OCH3 is 2. The van der Waals surface area contributed by atoms with Gasteiger partial charge < -0.3 is 19.7 Å². The van der Waals surface area contributed by atoms with Crippen LogP contribution in [0.2, 0.25) is 0 Å². The van der Waals surface area contributed by atoms with Gasteiger partial charge in [-0.05, 0) is 24.3 Å². The summed E-state index contributed by atoms with van der Waals surface area (Å²) < 4.78 is 24.4. The van der Waals surface area contributed by atoms with Gasteiger partial charge in [0.2, 0.25) is 11.6 Å². The maximum atomic E-state index is 13.1. The van der Waals surface area contributed by atoms with E-state index in [-0.39, 0.29) is 18.1 Å². The van der Waals surface area contributed by atoms with Gasteiger partial charge in [-0.25, -0.2) is 4.39 Å². The van der Waals surface area contributed by atoms with Crippen LogP contribution in [0.1, 0.15) is 10.5 Å². The molecule has 1 aliphatic heterocycles. The van der Waals surface area contributed by atoms with Crippen LogP contribution >= 0.6 is 0 Å². The van der Waals surface area contributed by atoms with Crippen LogP contribution in [0.3, 0.4) is 0 Å². The summed E-state index contributed by atoms with van der Waals surface area (Å²) in [6.45, 7) is 0.882. The summed E-state index contributed by atoms with van der Waals surface area (Å²) >= 11 is 0. The van der Waals surface area contributed by atoms with Gasteiger partial charge in [-0.2, -0.15) is 0 Å². The van der Waals surface area contributed by atoms with Crippen molar-refractivity contribution in [1.29, 1.82) is 0 Å². The Hall–Kier alpha value is -2.85. The second-order valence-corrected chi connectivity index (χ2v) is 5.54. The molecule has 26 heavy (non-hydrogen) atoms. The van der Waals surface area contributed by atoms with Crippen molar-refractivity contribution in [2.24, 2.45) is 0 Å². The van der Waals surface area contributed by atoms with Crippen LogP contribution in [-0.4, -0.2) is 54.3 Å².